The smallest absolute Gasteiger partial charge is 0.495 e. The highest BCUT2D eigenvalue weighted by Crippen LogP contribution is 2.39. The zero-order valence-electron chi connectivity index (χ0n) is 9.64. The number of ether oxygens (including phenoxy) is 1. The lowest BCUT2D eigenvalue weighted by Crippen LogP contribution is -2.39. The molecule has 0 saturated carbocycles. The van der Waals surface area contributed by atoms with Gasteiger partial charge in [0.2, 0.25) is 0 Å². The van der Waals surface area contributed by atoms with Crippen LogP contribution in [0.15, 0.2) is 34.8 Å². The van der Waals surface area contributed by atoms with E-state index in [-0.39, 0.29) is 19.8 Å². The highest BCUT2D eigenvalue weighted by atomic mass is 19.1. The summed E-state index contributed by atoms with van der Waals surface area (Å²) in [7, 11) is -0.674. The maximum Gasteiger partial charge on any atom is 0.495 e. The van der Waals surface area contributed by atoms with Gasteiger partial charge in [-0.25, -0.2) is 4.39 Å². The lowest BCUT2D eigenvalue weighted by atomic mass is 9.70. The van der Waals surface area contributed by atoms with Crippen molar-refractivity contribution in [1.82, 2.24) is 0 Å². The summed E-state index contributed by atoms with van der Waals surface area (Å²) in [5, 5.41) is 9.28. The van der Waals surface area contributed by atoms with E-state index in [1.807, 2.05) is 0 Å². The monoisotopic (exact) mass is 253 g/mol. The molecule has 3 rings (SSSR count). The Morgan fingerprint density at radius 1 is 1.44 bits per heavy atom. The molecule has 0 aromatic heterocycles. The van der Waals surface area contributed by atoms with E-state index in [1.165, 1.54) is 6.26 Å². The topological polar surface area (TPSA) is 73.9 Å². The minimum atomic E-state index is -0.810. The normalized spacial score (nSPS) is 30.5. The molecular formula is C11H13BFNO4. The third-order valence-electron chi connectivity index (χ3n) is 3.33. The fourth-order valence-corrected chi connectivity index (χ4v) is 2.44. The number of hydrogen-bond donors (Lipinski definition) is 2. The van der Waals surface area contributed by atoms with E-state index in [2.05, 4.69) is 0 Å². The summed E-state index contributed by atoms with van der Waals surface area (Å²) in [6.07, 6.45) is 1.68. The van der Waals surface area contributed by atoms with Crippen LogP contribution in [0, 0.1) is 0 Å². The van der Waals surface area contributed by atoms with Gasteiger partial charge in [0.05, 0.1) is 19.0 Å². The number of nitrogens with two attached hydrogens (primary N) is 1. The Morgan fingerprint density at radius 2 is 2.22 bits per heavy atom. The van der Waals surface area contributed by atoms with E-state index >= 15 is 0 Å². The van der Waals surface area contributed by atoms with Gasteiger partial charge in [-0.1, -0.05) is 0 Å². The number of rotatable bonds is 2. The van der Waals surface area contributed by atoms with Gasteiger partial charge in [-0.3, -0.25) is 0 Å². The second-order valence-corrected chi connectivity index (χ2v) is 4.31. The summed E-state index contributed by atoms with van der Waals surface area (Å²) >= 11 is 0. The van der Waals surface area contributed by atoms with Crippen molar-refractivity contribution in [3.05, 3.63) is 34.8 Å². The van der Waals surface area contributed by atoms with E-state index in [0.717, 1.165) is 5.57 Å². The lowest BCUT2D eigenvalue weighted by Gasteiger charge is -2.26. The van der Waals surface area contributed by atoms with Gasteiger partial charge in [-0.15, -0.1) is 0 Å². The predicted octanol–water partition coefficient (Wildman–Crippen LogP) is -0.174. The number of allylic oxidation sites excluding steroid dienone is 3. The largest absolute Gasteiger partial charge is 0.497 e. The molecule has 0 unspecified atom stereocenters. The first-order valence-corrected chi connectivity index (χ1v) is 5.79. The van der Waals surface area contributed by atoms with Gasteiger partial charge in [-0.05, 0) is 17.1 Å². The fourth-order valence-electron chi connectivity index (χ4n) is 2.44. The van der Waals surface area contributed by atoms with E-state index in [4.69, 9.17) is 19.8 Å². The minimum absolute atomic E-state index is 0.0380. The molecule has 0 aromatic carbocycles. The van der Waals surface area contributed by atoms with Gasteiger partial charge in [0.25, 0.3) is 0 Å². The SMILES string of the molecule is NC[C@@H]1OB2O[C@@H](CO)C3=C2C(=C1F)C=COC3. The van der Waals surface area contributed by atoms with Crippen LogP contribution in [0.4, 0.5) is 4.39 Å². The molecule has 3 heterocycles. The predicted molar refractivity (Wildman–Crippen MR) is 61.9 cm³/mol. The molecule has 18 heavy (non-hydrogen) atoms. The Kier molecular flexibility index (Phi) is 2.99. The van der Waals surface area contributed by atoms with Gasteiger partial charge in [0.1, 0.15) is 18.5 Å². The quantitative estimate of drug-likeness (QED) is 0.668. The molecule has 3 aliphatic rings. The Labute approximate surface area is 104 Å². The Balaban J connectivity index is 2.11. The molecular weight excluding hydrogens is 240 g/mol. The van der Waals surface area contributed by atoms with Crippen molar-refractivity contribution in [2.75, 3.05) is 19.8 Å². The Morgan fingerprint density at radius 3 is 2.94 bits per heavy atom. The minimum Gasteiger partial charge on any atom is -0.497 e. The van der Waals surface area contributed by atoms with Crippen LogP contribution in [0.25, 0.3) is 0 Å². The van der Waals surface area contributed by atoms with Crippen molar-refractivity contribution in [2.45, 2.75) is 12.2 Å². The zero-order valence-corrected chi connectivity index (χ0v) is 9.64. The van der Waals surface area contributed by atoms with Crippen molar-refractivity contribution in [3.63, 3.8) is 0 Å². The van der Waals surface area contributed by atoms with Gasteiger partial charge in [-0.2, -0.15) is 0 Å². The molecule has 0 spiro atoms. The van der Waals surface area contributed by atoms with Crippen molar-refractivity contribution < 1.29 is 23.5 Å². The second kappa shape index (κ2) is 4.51. The van der Waals surface area contributed by atoms with Crippen LogP contribution in [0.2, 0.25) is 0 Å². The summed E-state index contributed by atoms with van der Waals surface area (Å²) in [6, 6.07) is 0. The first-order valence-electron chi connectivity index (χ1n) is 5.79. The number of hydrogen-bond acceptors (Lipinski definition) is 5. The van der Waals surface area contributed by atoms with Crippen molar-refractivity contribution in [2.24, 2.45) is 5.73 Å². The van der Waals surface area contributed by atoms with Crippen molar-refractivity contribution in [3.8, 4) is 0 Å². The van der Waals surface area contributed by atoms with Crippen molar-refractivity contribution >= 4 is 7.12 Å². The fraction of sp³-hybridized carbons (Fsp3) is 0.455. The van der Waals surface area contributed by atoms with E-state index in [0.29, 0.717) is 11.0 Å². The standard InChI is InChI=1S/C11H13BFNO4/c13-11-6-1-2-16-5-7-9(4-15)18-12(10(6)7)17-8(11)3-14/h1-2,8-9,15H,3-5,14H2/t8-,9-/m0/s1. The molecule has 0 saturated heterocycles. The van der Waals surface area contributed by atoms with Crippen LogP contribution in [0.3, 0.4) is 0 Å². The summed E-state index contributed by atoms with van der Waals surface area (Å²) in [4.78, 5) is 0. The molecule has 96 valence electrons. The third kappa shape index (κ3) is 1.63. The molecule has 0 aromatic rings. The number of aliphatic hydroxyl groups is 1. The van der Waals surface area contributed by atoms with Crippen molar-refractivity contribution in [1.29, 1.82) is 0 Å². The highest BCUT2D eigenvalue weighted by molar-refractivity contribution is 6.57. The van der Waals surface area contributed by atoms with Gasteiger partial charge in [0.15, 0.2) is 0 Å². The zero-order chi connectivity index (χ0) is 12.7. The van der Waals surface area contributed by atoms with Gasteiger partial charge >= 0.3 is 7.12 Å². The average Bonchev–Trinajstić information content (AvgIpc) is 2.58. The van der Waals surface area contributed by atoms with Crippen LogP contribution in [0.1, 0.15) is 0 Å². The molecule has 2 atom stereocenters. The molecule has 7 heteroatoms. The third-order valence-corrected chi connectivity index (χ3v) is 3.33. The van der Waals surface area contributed by atoms with E-state index < -0.39 is 25.2 Å². The number of halogens is 1. The summed E-state index contributed by atoms with van der Waals surface area (Å²) in [6.45, 7) is 0.113. The molecule has 5 nitrogen and oxygen atoms in total. The van der Waals surface area contributed by atoms with Crippen LogP contribution >= 0.6 is 0 Å². The van der Waals surface area contributed by atoms with Gasteiger partial charge in [0, 0.05) is 12.1 Å². The van der Waals surface area contributed by atoms with Crippen LogP contribution in [-0.4, -0.2) is 44.2 Å². The maximum absolute atomic E-state index is 14.2. The summed E-state index contributed by atoms with van der Waals surface area (Å²) in [5.74, 6) is -0.412. The first kappa shape index (κ1) is 11.9. The molecule has 0 radical (unpaired) electrons. The maximum atomic E-state index is 14.2. The average molecular weight is 253 g/mol. The van der Waals surface area contributed by atoms with E-state index in [1.54, 1.807) is 6.08 Å². The lowest BCUT2D eigenvalue weighted by molar-refractivity contribution is 0.0926. The van der Waals surface area contributed by atoms with Gasteiger partial charge < -0.3 is 24.9 Å². The Bertz CT molecular complexity index is 462. The molecule has 3 N–H and O–H groups in total. The summed E-state index contributed by atoms with van der Waals surface area (Å²) < 4.78 is 30.4. The summed E-state index contributed by atoms with van der Waals surface area (Å²) in [5.41, 5.74) is 7.24. The van der Waals surface area contributed by atoms with E-state index in [9.17, 15) is 9.50 Å². The molecule has 0 bridgehead atoms. The van der Waals surface area contributed by atoms with Crippen LogP contribution < -0.4 is 5.73 Å². The molecule has 3 aliphatic heterocycles. The molecule has 0 amide bonds. The van der Waals surface area contributed by atoms with Crippen LogP contribution in [0.5, 0.6) is 0 Å². The molecule has 0 fully saturated rings. The molecule has 0 aliphatic carbocycles. The second-order valence-electron chi connectivity index (χ2n) is 4.31. The highest BCUT2D eigenvalue weighted by Gasteiger charge is 2.47. The first-order chi connectivity index (χ1) is 8.76. The number of aliphatic hydroxyl groups excluding tert-OH is 1. The van der Waals surface area contributed by atoms with Crippen LogP contribution in [-0.2, 0) is 14.0 Å². The Hall–Kier alpha value is -1.15.